The standard InChI is InChI=1S/C5HCl2F3N2/c6-1-3(9)11-5(2(7)8)12-4(1)10/h2H. The first-order valence-corrected chi connectivity index (χ1v) is 3.50. The third-order valence-corrected chi connectivity index (χ3v) is 1.49. The fourth-order valence-electron chi connectivity index (χ4n) is 0.507. The number of nitrogens with zero attached hydrogens (tertiary/aromatic N) is 2. The van der Waals surface area contributed by atoms with Crippen molar-refractivity contribution in [3.8, 4) is 0 Å². The Kier molecular flexibility index (Phi) is 2.74. The molecule has 1 aromatic rings. The van der Waals surface area contributed by atoms with Crippen LogP contribution in [0.3, 0.4) is 0 Å². The first-order chi connectivity index (χ1) is 5.52. The summed E-state index contributed by atoms with van der Waals surface area (Å²) >= 11 is 9.85. The molecule has 2 nitrogen and oxygen atoms in total. The lowest BCUT2D eigenvalue weighted by atomic mass is 10.5. The molecule has 1 heterocycles. The zero-order valence-corrected chi connectivity index (χ0v) is 6.87. The van der Waals surface area contributed by atoms with Crippen LogP contribution in [0.25, 0.3) is 0 Å². The summed E-state index contributed by atoms with van der Waals surface area (Å²) in [6, 6.07) is 0. The lowest BCUT2D eigenvalue weighted by Crippen LogP contribution is -2.01. The Morgan fingerprint density at radius 2 is 1.58 bits per heavy atom. The molecule has 0 bridgehead atoms. The van der Waals surface area contributed by atoms with Crippen molar-refractivity contribution in [2.24, 2.45) is 0 Å². The molecule has 0 N–H and O–H groups in total. The smallest absolute Gasteiger partial charge is 0.221 e. The first kappa shape index (κ1) is 9.54. The molecule has 66 valence electrons. The van der Waals surface area contributed by atoms with Crippen LogP contribution in [0.15, 0.2) is 0 Å². The van der Waals surface area contributed by atoms with E-state index in [4.69, 9.17) is 23.2 Å². The number of hydrogen-bond donors (Lipinski definition) is 0. The van der Waals surface area contributed by atoms with Gasteiger partial charge >= 0.3 is 0 Å². The maximum absolute atomic E-state index is 12.5. The molecule has 0 fully saturated rings. The van der Waals surface area contributed by atoms with E-state index in [2.05, 4.69) is 9.97 Å². The van der Waals surface area contributed by atoms with E-state index in [0.29, 0.717) is 0 Å². The van der Waals surface area contributed by atoms with Crippen molar-refractivity contribution in [2.45, 2.75) is 5.63 Å². The van der Waals surface area contributed by atoms with E-state index in [0.717, 1.165) is 0 Å². The maximum Gasteiger partial charge on any atom is 0.238 e. The molecule has 1 unspecified atom stereocenters. The Morgan fingerprint density at radius 3 is 1.92 bits per heavy atom. The summed E-state index contributed by atoms with van der Waals surface area (Å²) in [6.07, 6.45) is 0. The summed E-state index contributed by atoms with van der Waals surface area (Å²) in [6.45, 7) is 0. The molecule has 0 radical (unpaired) electrons. The van der Waals surface area contributed by atoms with E-state index in [9.17, 15) is 13.2 Å². The zero-order valence-electron chi connectivity index (χ0n) is 5.36. The minimum atomic E-state index is -2.15. The van der Waals surface area contributed by atoms with Crippen molar-refractivity contribution in [3.05, 3.63) is 22.7 Å². The number of aromatic nitrogens is 2. The average molecular weight is 217 g/mol. The third kappa shape index (κ3) is 1.78. The van der Waals surface area contributed by atoms with Crippen molar-refractivity contribution in [1.82, 2.24) is 9.97 Å². The Bertz CT molecular complexity index is 282. The fourth-order valence-corrected chi connectivity index (χ4v) is 0.689. The van der Waals surface area contributed by atoms with Crippen molar-refractivity contribution in [1.29, 1.82) is 0 Å². The van der Waals surface area contributed by atoms with Gasteiger partial charge in [0, 0.05) is 0 Å². The minimum absolute atomic E-state index is 0.781. The summed E-state index contributed by atoms with van der Waals surface area (Å²) in [4.78, 5) is 5.75. The number of rotatable bonds is 1. The third-order valence-electron chi connectivity index (χ3n) is 0.983. The van der Waals surface area contributed by atoms with Crippen LogP contribution < -0.4 is 0 Å². The molecular formula is C5HCl2F3N2. The quantitative estimate of drug-likeness (QED) is 0.533. The second kappa shape index (κ2) is 3.45. The van der Waals surface area contributed by atoms with Gasteiger partial charge in [-0.05, 0) is 0 Å². The molecule has 7 heteroatoms. The molecule has 1 atom stereocenters. The van der Waals surface area contributed by atoms with E-state index < -0.39 is 28.4 Å². The number of alkyl halides is 2. The predicted octanol–water partition coefficient (Wildman–Crippen LogP) is 2.62. The summed E-state index contributed by atoms with van der Waals surface area (Å²) in [7, 11) is 0. The monoisotopic (exact) mass is 216 g/mol. The minimum Gasteiger partial charge on any atom is -0.221 e. The molecule has 0 saturated heterocycles. The van der Waals surface area contributed by atoms with Crippen molar-refractivity contribution in [2.75, 3.05) is 0 Å². The summed E-state index contributed by atoms with van der Waals surface area (Å²) in [5, 5.41) is -0.879. The molecular weight excluding hydrogens is 216 g/mol. The largest absolute Gasteiger partial charge is 0.238 e. The van der Waals surface area contributed by atoms with Crippen LogP contribution in [-0.4, -0.2) is 9.97 Å². The van der Waals surface area contributed by atoms with E-state index in [1.807, 2.05) is 0 Å². The van der Waals surface area contributed by atoms with Gasteiger partial charge in [-0.15, -0.1) is 0 Å². The van der Waals surface area contributed by atoms with Gasteiger partial charge in [-0.25, -0.2) is 4.39 Å². The van der Waals surface area contributed by atoms with Crippen molar-refractivity contribution in [3.63, 3.8) is 0 Å². The van der Waals surface area contributed by atoms with Gasteiger partial charge in [-0.2, -0.15) is 18.7 Å². The fraction of sp³-hybridized carbons (Fsp3) is 0.200. The Morgan fingerprint density at radius 1 is 1.17 bits per heavy atom. The first-order valence-electron chi connectivity index (χ1n) is 2.69. The highest BCUT2D eigenvalue weighted by Gasteiger charge is 2.16. The molecule has 0 spiro atoms. The molecule has 0 aromatic carbocycles. The summed E-state index contributed by atoms with van der Waals surface area (Å²) < 4.78 is 37.1. The van der Waals surface area contributed by atoms with Crippen LogP contribution >= 0.6 is 23.2 Å². The van der Waals surface area contributed by atoms with Gasteiger partial charge in [-0.3, -0.25) is 0 Å². The van der Waals surface area contributed by atoms with Gasteiger partial charge in [-0.1, -0.05) is 23.2 Å². The molecule has 0 aliphatic heterocycles. The molecule has 0 amide bonds. The highest BCUT2D eigenvalue weighted by Crippen LogP contribution is 2.21. The van der Waals surface area contributed by atoms with Crippen LogP contribution in [-0.2, 0) is 0 Å². The van der Waals surface area contributed by atoms with Gasteiger partial charge < -0.3 is 0 Å². The van der Waals surface area contributed by atoms with Gasteiger partial charge in [0.25, 0.3) is 0 Å². The normalized spacial score (nSPS) is 13.1. The van der Waals surface area contributed by atoms with Crippen LogP contribution in [0, 0.1) is 11.9 Å². The molecule has 1 aromatic heterocycles. The SMILES string of the molecule is Fc1nc(C(F)Cl)nc(F)c1Cl. The van der Waals surface area contributed by atoms with Crippen molar-refractivity contribution < 1.29 is 13.2 Å². The van der Waals surface area contributed by atoms with Gasteiger partial charge in [0.1, 0.15) is 0 Å². The highest BCUT2D eigenvalue weighted by molar-refractivity contribution is 6.30. The molecule has 0 saturated carbocycles. The van der Waals surface area contributed by atoms with Crippen LogP contribution in [0.1, 0.15) is 11.5 Å². The van der Waals surface area contributed by atoms with Crippen LogP contribution in [0.4, 0.5) is 13.2 Å². The van der Waals surface area contributed by atoms with E-state index in [1.165, 1.54) is 0 Å². The topological polar surface area (TPSA) is 25.8 Å². The molecule has 1 rings (SSSR count). The lowest BCUT2D eigenvalue weighted by Gasteiger charge is -1.99. The van der Waals surface area contributed by atoms with E-state index in [-0.39, 0.29) is 0 Å². The Hall–Kier alpha value is -0.550. The zero-order chi connectivity index (χ0) is 9.30. The second-order valence-corrected chi connectivity index (χ2v) is 2.54. The van der Waals surface area contributed by atoms with E-state index >= 15 is 0 Å². The second-order valence-electron chi connectivity index (χ2n) is 1.78. The van der Waals surface area contributed by atoms with Gasteiger partial charge in [0.15, 0.2) is 10.8 Å². The van der Waals surface area contributed by atoms with Crippen LogP contribution in [0.5, 0.6) is 0 Å². The number of halogens is 5. The molecule has 0 aliphatic rings. The van der Waals surface area contributed by atoms with Crippen molar-refractivity contribution >= 4 is 23.2 Å². The van der Waals surface area contributed by atoms with Gasteiger partial charge in [0.05, 0.1) is 0 Å². The number of hydrogen-bond acceptors (Lipinski definition) is 2. The maximum atomic E-state index is 12.5. The lowest BCUT2D eigenvalue weighted by molar-refractivity contribution is 0.416. The predicted molar refractivity (Wildman–Crippen MR) is 36.7 cm³/mol. The summed E-state index contributed by atoms with van der Waals surface area (Å²) in [5.41, 5.74) is -2.15. The highest BCUT2D eigenvalue weighted by atomic mass is 35.5. The Labute approximate surface area is 75.3 Å². The van der Waals surface area contributed by atoms with Gasteiger partial charge in [0.2, 0.25) is 17.5 Å². The average Bonchev–Trinajstić information content (AvgIpc) is 1.99. The van der Waals surface area contributed by atoms with Crippen LogP contribution in [0.2, 0.25) is 5.02 Å². The van der Waals surface area contributed by atoms with E-state index in [1.54, 1.807) is 0 Å². The molecule has 12 heavy (non-hydrogen) atoms. The Balaban J connectivity index is 3.21. The summed E-state index contributed by atoms with van der Waals surface area (Å²) in [5.74, 6) is -3.44. The molecule has 0 aliphatic carbocycles.